The van der Waals surface area contributed by atoms with Crippen molar-refractivity contribution in [3.8, 4) is 5.75 Å². The predicted molar refractivity (Wildman–Crippen MR) is 70.2 cm³/mol. The maximum atomic E-state index is 11.2. The van der Waals surface area contributed by atoms with E-state index in [1.54, 1.807) is 24.3 Å². The second kappa shape index (κ2) is 7.76. The molecular formula is C14H20O5. The molecule has 0 aromatic heterocycles. The quantitative estimate of drug-likeness (QED) is 0.705. The number of aliphatic hydroxyl groups is 1. The van der Waals surface area contributed by atoms with Crippen LogP contribution in [0.2, 0.25) is 0 Å². The predicted octanol–water partition coefficient (Wildman–Crippen LogP) is 2.00. The first-order valence-corrected chi connectivity index (χ1v) is 6.26. The lowest BCUT2D eigenvalue weighted by molar-refractivity contribution is -0.151. The summed E-state index contributed by atoms with van der Waals surface area (Å²) in [5, 5.41) is 17.9. The van der Waals surface area contributed by atoms with Crippen molar-refractivity contribution in [3.05, 3.63) is 29.8 Å². The molecule has 0 amide bonds. The largest absolute Gasteiger partial charge is 0.491 e. The van der Waals surface area contributed by atoms with Gasteiger partial charge < -0.3 is 19.7 Å². The van der Waals surface area contributed by atoms with Crippen LogP contribution in [0.15, 0.2) is 24.3 Å². The van der Waals surface area contributed by atoms with Crippen LogP contribution in [0.4, 0.5) is 0 Å². The number of aliphatic hydroxyl groups excluding tert-OH is 1. The number of carboxylic acid groups (broad SMARTS) is 1. The zero-order valence-corrected chi connectivity index (χ0v) is 11.2. The van der Waals surface area contributed by atoms with Gasteiger partial charge in [0.05, 0.1) is 12.7 Å². The molecule has 1 atom stereocenters. The minimum atomic E-state index is -1.06. The fourth-order valence-electron chi connectivity index (χ4n) is 1.60. The van der Waals surface area contributed by atoms with Crippen molar-refractivity contribution >= 4 is 5.97 Å². The lowest BCUT2D eigenvalue weighted by Gasteiger charge is -2.16. The number of aliphatic carboxylic acids is 1. The third kappa shape index (κ3) is 5.28. The van der Waals surface area contributed by atoms with Crippen molar-refractivity contribution < 1.29 is 24.5 Å². The molecule has 0 fully saturated rings. The number of hydrogen-bond acceptors (Lipinski definition) is 4. The van der Waals surface area contributed by atoms with Crippen LogP contribution in [0.25, 0.3) is 0 Å². The molecule has 1 unspecified atom stereocenters. The Morgan fingerprint density at radius 2 is 2.11 bits per heavy atom. The van der Waals surface area contributed by atoms with Gasteiger partial charge in [-0.15, -0.1) is 0 Å². The van der Waals surface area contributed by atoms with Crippen LogP contribution >= 0.6 is 0 Å². The van der Waals surface area contributed by atoms with Crippen molar-refractivity contribution in [2.24, 2.45) is 0 Å². The molecule has 5 heteroatoms. The summed E-state index contributed by atoms with van der Waals surface area (Å²) in [7, 11) is 0. The Labute approximate surface area is 112 Å². The highest BCUT2D eigenvalue weighted by molar-refractivity contribution is 5.74. The Bertz CT molecular complexity index is 403. The van der Waals surface area contributed by atoms with E-state index in [9.17, 15) is 9.90 Å². The van der Waals surface area contributed by atoms with Crippen LogP contribution < -0.4 is 4.74 Å². The van der Waals surface area contributed by atoms with Gasteiger partial charge in [0.15, 0.2) is 6.10 Å². The molecule has 1 aromatic rings. The van der Waals surface area contributed by atoms with Gasteiger partial charge in [-0.1, -0.05) is 12.1 Å². The Morgan fingerprint density at radius 1 is 1.37 bits per heavy atom. The zero-order valence-electron chi connectivity index (χ0n) is 11.2. The first-order valence-electron chi connectivity index (χ1n) is 6.26. The van der Waals surface area contributed by atoms with Gasteiger partial charge in [0.25, 0.3) is 0 Å². The SMILES string of the molecule is CC(C)Oc1cccc(C(OCCCO)C(=O)O)c1. The van der Waals surface area contributed by atoms with Crippen LogP contribution in [0.5, 0.6) is 5.75 Å². The fourth-order valence-corrected chi connectivity index (χ4v) is 1.60. The topological polar surface area (TPSA) is 76.0 Å². The van der Waals surface area contributed by atoms with Crippen LogP contribution in [-0.4, -0.2) is 35.5 Å². The van der Waals surface area contributed by atoms with Gasteiger partial charge in [0.1, 0.15) is 5.75 Å². The van der Waals surface area contributed by atoms with E-state index in [1.807, 2.05) is 13.8 Å². The molecule has 0 aliphatic carbocycles. The number of rotatable bonds is 8. The summed E-state index contributed by atoms with van der Waals surface area (Å²) >= 11 is 0. The molecule has 0 saturated heterocycles. The monoisotopic (exact) mass is 268 g/mol. The molecule has 0 saturated carbocycles. The minimum absolute atomic E-state index is 0.0221. The Morgan fingerprint density at radius 3 is 2.68 bits per heavy atom. The highest BCUT2D eigenvalue weighted by Crippen LogP contribution is 2.23. The van der Waals surface area contributed by atoms with Crippen molar-refractivity contribution in [1.29, 1.82) is 0 Å². The Hall–Kier alpha value is -1.59. The van der Waals surface area contributed by atoms with Crippen LogP contribution in [0.3, 0.4) is 0 Å². The first kappa shape index (κ1) is 15.5. The van der Waals surface area contributed by atoms with Crippen LogP contribution in [-0.2, 0) is 9.53 Å². The lowest BCUT2D eigenvalue weighted by Crippen LogP contribution is -2.16. The summed E-state index contributed by atoms with van der Waals surface area (Å²) in [5.41, 5.74) is 0.531. The average Bonchev–Trinajstić information content (AvgIpc) is 2.33. The zero-order chi connectivity index (χ0) is 14.3. The van der Waals surface area contributed by atoms with Crippen LogP contribution in [0.1, 0.15) is 31.9 Å². The second-order valence-electron chi connectivity index (χ2n) is 4.41. The third-order valence-corrected chi connectivity index (χ3v) is 2.34. The maximum Gasteiger partial charge on any atom is 0.337 e. The molecule has 0 radical (unpaired) electrons. The summed E-state index contributed by atoms with van der Waals surface area (Å²) in [6.45, 7) is 3.98. The highest BCUT2D eigenvalue weighted by Gasteiger charge is 2.20. The van der Waals surface area contributed by atoms with E-state index in [0.29, 0.717) is 17.7 Å². The smallest absolute Gasteiger partial charge is 0.337 e. The van der Waals surface area contributed by atoms with Gasteiger partial charge >= 0.3 is 5.97 Å². The van der Waals surface area contributed by atoms with E-state index in [0.717, 1.165) is 0 Å². The minimum Gasteiger partial charge on any atom is -0.491 e. The number of ether oxygens (including phenoxy) is 2. The van der Waals surface area contributed by atoms with E-state index < -0.39 is 12.1 Å². The van der Waals surface area contributed by atoms with Crippen molar-refractivity contribution in [1.82, 2.24) is 0 Å². The van der Waals surface area contributed by atoms with E-state index >= 15 is 0 Å². The van der Waals surface area contributed by atoms with Gasteiger partial charge in [-0.05, 0) is 38.0 Å². The second-order valence-corrected chi connectivity index (χ2v) is 4.41. The number of benzene rings is 1. The molecular weight excluding hydrogens is 248 g/mol. The molecule has 5 nitrogen and oxygen atoms in total. The molecule has 0 bridgehead atoms. The Kier molecular flexibility index (Phi) is 6.32. The Balaban J connectivity index is 2.80. The van der Waals surface area contributed by atoms with Gasteiger partial charge in [0, 0.05) is 6.61 Å². The van der Waals surface area contributed by atoms with E-state index in [1.165, 1.54) is 0 Å². The summed E-state index contributed by atoms with van der Waals surface area (Å²) < 4.78 is 10.8. The van der Waals surface area contributed by atoms with Crippen molar-refractivity contribution in [3.63, 3.8) is 0 Å². The molecule has 1 rings (SSSR count). The normalized spacial score (nSPS) is 12.4. The molecule has 19 heavy (non-hydrogen) atoms. The third-order valence-electron chi connectivity index (χ3n) is 2.34. The number of carbonyl (C=O) groups is 1. The summed E-state index contributed by atoms with van der Waals surface area (Å²) in [6.07, 6.45) is -0.609. The van der Waals surface area contributed by atoms with Gasteiger partial charge in [-0.3, -0.25) is 0 Å². The highest BCUT2D eigenvalue weighted by atomic mass is 16.5. The first-order chi connectivity index (χ1) is 9.04. The van der Waals surface area contributed by atoms with Gasteiger partial charge in [0.2, 0.25) is 0 Å². The average molecular weight is 268 g/mol. The molecule has 0 heterocycles. The van der Waals surface area contributed by atoms with Gasteiger partial charge in [-0.2, -0.15) is 0 Å². The van der Waals surface area contributed by atoms with Crippen LogP contribution in [0, 0.1) is 0 Å². The molecule has 106 valence electrons. The molecule has 0 aliphatic rings. The van der Waals surface area contributed by atoms with E-state index in [-0.39, 0.29) is 19.3 Å². The fraction of sp³-hybridized carbons (Fsp3) is 0.500. The summed E-state index contributed by atoms with van der Waals surface area (Å²) in [4.78, 5) is 11.2. The number of hydrogen-bond donors (Lipinski definition) is 2. The maximum absolute atomic E-state index is 11.2. The number of carboxylic acids is 1. The molecule has 2 N–H and O–H groups in total. The van der Waals surface area contributed by atoms with Crippen molar-refractivity contribution in [2.75, 3.05) is 13.2 Å². The molecule has 0 aliphatic heterocycles. The molecule has 1 aromatic carbocycles. The molecule has 0 spiro atoms. The van der Waals surface area contributed by atoms with E-state index in [2.05, 4.69) is 0 Å². The van der Waals surface area contributed by atoms with E-state index in [4.69, 9.17) is 14.6 Å². The summed E-state index contributed by atoms with van der Waals surface area (Å²) in [6, 6.07) is 6.86. The summed E-state index contributed by atoms with van der Waals surface area (Å²) in [5.74, 6) is -0.441. The van der Waals surface area contributed by atoms with Crippen molar-refractivity contribution in [2.45, 2.75) is 32.5 Å². The lowest BCUT2D eigenvalue weighted by atomic mass is 10.1. The standard InChI is InChI=1S/C14H20O5/c1-10(2)19-12-6-3-5-11(9-12)13(14(16)17)18-8-4-7-15/h3,5-6,9-10,13,15H,4,7-8H2,1-2H3,(H,16,17). The van der Waals surface area contributed by atoms with Gasteiger partial charge in [-0.25, -0.2) is 4.79 Å².